The first kappa shape index (κ1) is 28.0. The third-order valence-corrected chi connectivity index (χ3v) is 13.2. The SMILES string of the molecule is C[C@H](CCC=O)[C@H]1CC[C@H]2[C@@H]3C[C@H](O[Si](C)(C)C)[C@@H]4C[C@H](O[Si](C)(C)C)CC[C@]4(C)[C@H]3CC[C@]12C. The second-order valence-electron chi connectivity index (χ2n) is 15.6. The fraction of sp³-hybridized carbons (Fsp3) is 0.967. The summed E-state index contributed by atoms with van der Waals surface area (Å²) in [5.41, 5.74) is 0.851. The van der Waals surface area contributed by atoms with Crippen molar-refractivity contribution in [3.05, 3.63) is 0 Å². The summed E-state index contributed by atoms with van der Waals surface area (Å²) in [6, 6.07) is 0. The third kappa shape index (κ3) is 5.59. The van der Waals surface area contributed by atoms with E-state index in [4.69, 9.17) is 8.85 Å². The molecule has 0 amide bonds. The Balaban J connectivity index is 1.60. The number of carbonyl (C=O) groups excluding carboxylic acids is 1. The second-order valence-corrected chi connectivity index (χ2v) is 24.5. The Morgan fingerprint density at radius 2 is 1.46 bits per heavy atom. The zero-order valence-corrected chi connectivity index (χ0v) is 26.5. The Kier molecular flexibility index (Phi) is 7.98. The van der Waals surface area contributed by atoms with Gasteiger partial charge in [0.2, 0.25) is 0 Å². The van der Waals surface area contributed by atoms with E-state index in [-0.39, 0.29) is 0 Å². The van der Waals surface area contributed by atoms with Gasteiger partial charge in [-0.15, -0.1) is 0 Å². The van der Waals surface area contributed by atoms with Gasteiger partial charge in [-0.25, -0.2) is 0 Å². The Hall–Kier alpha value is 0.0238. The molecular formula is C30H56O3Si2. The van der Waals surface area contributed by atoms with Gasteiger partial charge < -0.3 is 13.6 Å². The van der Waals surface area contributed by atoms with Gasteiger partial charge in [0.05, 0.1) is 0 Å². The van der Waals surface area contributed by atoms with E-state index in [1.54, 1.807) is 0 Å². The minimum absolute atomic E-state index is 0.398. The molecule has 10 atom stereocenters. The van der Waals surface area contributed by atoms with Gasteiger partial charge in [-0.3, -0.25) is 0 Å². The molecule has 0 aromatic carbocycles. The molecule has 0 aromatic rings. The van der Waals surface area contributed by atoms with Crippen LogP contribution in [0.1, 0.15) is 85.0 Å². The molecule has 0 N–H and O–H groups in total. The topological polar surface area (TPSA) is 35.5 Å². The molecule has 4 rings (SSSR count). The van der Waals surface area contributed by atoms with E-state index in [2.05, 4.69) is 60.1 Å². The second kappa shape index (κ2) is 9.96. The van der Waals surface area contributed by atoms with Crippen molar-refractivity contribution in [3.63, 3.8) is 0 Å². The molecule has 202 valence electrons. The first-order chi connectivity index (χ1) is 16.2. The van der Waals surface area contributed by atoms with E-state index in [0.717, 1.165) is 42.8 Å². The average Bonchev–Trinajstić information content (AvgIpc) is 3.08. The van der Waals surface area contributed by atoms with Crippen LogP contribution in [0.3, 0.4) is 0 Å². The molecule has 0 spiro atoms. The van der Waals surface area contributed by atoms with Crippen LogP contribution < -0.4 is 0 Å². The summed E-state index contributed by atoms with van der Waals surface area (Å²) in [7, 11) is -3.18. The number of fused-ring (bicyclic) bond motifs is 5. The normalized spacial score (nSPS) is 44.8. The average molecular weight is 521 g/mol. The van der Waals surface area contributed by atoms with Crippen molar-refractivity contribution in [2.75, 3.05) is 0 Å². The van der Waals surface area contributed by atoms with Crippen LogP contribution in [0.2, 0.25) is 39.3 Å². The van der Waals surface area contributed by atoms with Crippen LogP contribution in [0.25, 0.3) is 0 Å². The summed E-state index contributed by atoms with van der Waals surface area (Å²) >= 11 is 0. The molecule has 0 radical (unpaired) electrons. The molecule has 0 aliphatic heterocycles. The first-order valence-corrected chi connectivity index (χ1v) is 21.8. The minimum Gasteiger partial charge on any atom is -0.415 e. The lowest BCUT2D eigenvalue weighted by Crippen LogP contribution is -2.60. The standard InChI is InChI=1S/C30H56O3Si2/c1-21(11-10-18-31)24-12-13-25-23-20-28(33-35(7,8)9)27-19-22(32-34(4,5)6)14-16-30(27,3)26(23)15-17-29(24,25)2/h18,21-28H,10-17,19-20H2,1-9H3/t21-,22-,23+,24-,25+,26+,27+,28+,29-,30-/m1/s1. The lowest BCUT2D eigenvalue weighted by atomic mass is 9.43. The van der Waals surface area contributed by atoms with Crippen molar-refractivity contribution < 1.29 is 13.6 Å². The summed E-state index contributed by atoms with van der Waals surface area (Å²) in [5, 5.41) is 0. The van der Waals surface area contributed by atoms with Gasteiger partial charge in [-0.05, 0) is 143 Å². The molecule has 35 heavy (non-hydrogen) atoms. The molecule has 4 aliphatic rings. The third-order valence-electron chi connectivity index (χ3n) is 11.1. The Labute approximate surface area is 219 Å². The van der Waals surface area contributed by atoms with Crippen molar-refractivity contribution >= 4 is 22.9 Å². The van der Waals surface area contributed by atoms with Gasteiger partial charge in [0.1, 0.15) is 6.29 Å². The first-order valence-electron chi connectivity index (χ1n) is 15.0. The fourth-order valence-electron chi connectivity index (χ4n) is 9.93. The highest BCUT2D eigenvalue weighted by Crippen LogP contribution is 2.69. The number of rotatable bonds is 8. The van der Waals surface area contributed by atoms with Gasteiger partial charge in [-0.1, -0.05) is 20.8 Å². The molecule has 0 bridgehead atoms. The maximum Gasteiger partial charge on any atom is 0.184 e. The highest BCUT2D eigenvalue weighted by molar-refractivity contribution is 6.70. The van der Waals surface area contributed by atoms with E-state index < -0.39 is 16.6 Å². The molecule has 0 heterocycles. The van der Waals surface area contributed by atoms with Crippen molar-refractivity contribution in [3.8, 4) is 0 Å². The number of carbonyl (C=O) groups is 1. The van der Waals surface area contributed by atoms with Gasteiger partial charge in [0.15, 0.2) is 16.6 Å². The molecule has 4 saturated carbocycles. The summed E-state index contributed by atoms with van der Waals surface area (Å²) in [6.07, 6.45) is 14.4. The van der Waals surface area contributed by atoms with Crippen LogP contribution >= 0.6 is 0 Å². The highest BCUT2D eigenvalue weighted by atomic mass is 28.4. The maximum atomic E-state index is 11.1. The smallest absolute Gasteiger partial charge is 0.184 e. The largest absolute Gasteiger partial charge is 0.415 e. The van der Waals surface area contributed by atoms with E-state index in [1.807, 2.05) is 0 Å². The Morgan fingerprint density at radius 3 is 2.09 bits per heavy atom. The molecule has 4 aliphatic carbocycles. The van der Waals surface area contributed by atoms with Crippen LogP contribution in [0.5, 0.6) is 0 Å². The number of hydrogen-bond donors (Lipinski definition) is 0. The van der Waals surface area contributed by atoms with Crippen molar-refractivity contribution in [2.45, 2.75) is 136 Å². The van der Waals surface area contributed by atoms with Gasteiger partial charge in [-0.2, -0.15) is 0 Å². The molecule has 5 heteroatoms. The fourth-order valence-corrected chi connectivity index (χ4v) is 12.3. The zero-order chi connectivity index (χ0) is 25.8. The molecule has 3 nitrogen and oxygen atoms in total. The molecular weight excluding hydrogens is 464 g/mol. The summed E-state index contributed by atoms with van der Waals surface area (Å²) in [6.45, 7) is 22.0. The van der Waals surface area contributed by atoms with Gasteiger partial charge >= 0.3 is 0 Å². The summed E-state index contributed by atoms with van der Waals surface area (Å²) in [4.78, 5) is 11.1. The highest BCUT2D eigenvalue weighted by Gasteiger charge is 2.63. The summed E-state index contributed by atoms with van der Waals surface area (Å²) in [5.74, 6) is 4.61. The van der Waals surface area contributed by atoms with Crippen LogP contribution in [-0.4, -0.2) is 35.1 Å². The van der Waals surface area contributed by atoms with Crippen LogP contribution in [0.15, 0.2) is 0 Å². The van der Waals surface area contributed by atoms with Crippen LogP contribution in [0.4, 0.5) is 0 Å². The van der Waals surface area contributed by atoms with Crippen LogP contribution in [-0.2, 0) is 13.6 Å². The zero-order valence-electron chi connectivity index (χ0n) is 24.5. The molecule has 0 unspecified atom stereocenters. The summed E-state index contributed by atoms with van der Waals surface area (Å²) < 4.78 is 13.8. The Morgan fingerprint density at radius 1 is 0.829 bits per heavy atom. The van der Waals surface area contributed by atoms with Crippen molar-refractivity contribution in [2.24, 2.45) is 46.3 Å². The van der Waals surface area contributed by atoms with Crippen LogP contribution in [0, 0.1) is 46.3 Å². The molecule has 0 saturated heterocycles. The number of hydrogen-bond acceptors (Lipinski definition) is 3. The Bertz CT molecular complexity index is 758. The molecule has 0 aromatic heterocycles. The van der Waals surface area contributed by atoms with Gasteiger partial charge in [0.25, 0.3) is 0 Å². The lowest BCUT2D eigenvalue weighted by Gasteiger charge is -2.63. The number of aldehydes is 1. The predicted molar refractivity (Wildman–Crippen MR) is 151 cm³/mol. The minimum atomic E-state index is -1.64. The van der Waals surface area contributed by atoms with Crippen molar-refractivity contribution in [1.29, 1.82) is 0 Å². The van der Waals surface area contributed by atoms with E-state index in [0.29, 0.717) is 34.9 Å². The monoisotopic (exact) mass is 520 g/mol. The van der Waals surface area contributed by atoms with Gasteiger partial charge in [0, 0.05) is 18.6 Å². The van der Waals surface area contributed by atoms with Crippen molar-refractivity contribution in [1.82, 2.24) is 0 Å². The predicted octanol–water partition coefficient (Wildman–Crippen LogP) is 8.31. The van der Waals surface area contributed by atoms with E-state index in [1.165, 1.54) is 51.4 Å². The lowest BCUT2D eigenvalue weighted by molar-refractivity contribution is -0.166. The van der Waals surface area contributed by atoms with E-state index >= 15 is 0 Å². The molecule has 4 fully saturated rings. The quantitative estimate of drug-likeness (QED) is 0.238. The van der Waals surface area contributed by atoms with E-state index in [9.17, 15) is 4.79 Å². The maximum absolute atomic E-state index is 11.1.